The Morgan fingerprint density at radius 3 is 2.32 bits per heavy atom. The van der Waals surface area contributed by atoms with Crippen molar-refractivity contribution in [1.82, 2.24) is 4.98 Å². The third kappa shape index (κ3) is 3.93. The van der Waals surface area contributed by atoms with Crippen LogP contribution in [0.15, 0.2) is 68.9 Å². The molecule has 1 aliphatic rings. The third-order valence-corrected chi connectivity index (χ3v) is 6.87. The van der Waals surface area contributed by atoms with Crippen LogP contribution in [0.25, 0.3) is 11.5 Å². The van der Waals surface area contributed by atoms with Crippen LogP contribution in [0.2, 0.25) is 5.02 Å². The first-order valence-corrected chi connectivity index (χ1v) is 11.2. The van der Waals surface area contributed by atoms with Crippen molar-refractivity contribution in [2.75, 3.05) is 5.32 Å². The fraction of sp³-hybridized carbons (Fsp3) is 0.286. The molecule has 1 fully saturated rings. The Morgan fingerprint density at radius 2 is 1.64 bits per heavy atom. The maximum absolute atomic E-state index is 13.2. The summed E-state index contributed by atoms with van der Waals surface area (Å²) in [5, 5.41) is 3.81. The second-order valence-electron chi connectivity index (χ2n) is 6.96. The van der Waals surface area contributed by atoms with E-state index >= 15 is 0 Å². The van der Waals surface area contributed by atoms with Crippen molar-refractivity contribution in [2.45, 2.75) is 48.1 Å². The molecule has 0 saturated heterocycles. The van der Waals surface area contributed by atoms with Crippen LogP contribution in [0.1, 0.15) is 32.1 Å². The largest absolute Gasteiger partial charge is 0.419 e. The van der Waals surface area contributed by atoms with Crippen molar-refractivity contribution in [3.63, 3.8) is 0 Å². The van der Waals surface area contributed by atoms with Crippen molar-refractivity contribution < 1.29 is 12.8 Å². The number of hydrogen-bond donors (Lipinski definition) is 1. The number of benzene rings is 2. The molecule has 1 aromatic heterocycles. The summed E-state index contributed by atoms with van der Waals surface area (Å²) >= 11 is 5.96. The van der Waals surface area contributed by atoms with Crippen molar-refractivity contribution in [3.05, 3.63) is 59.6 Å². The summed E-state index contributed by atoms with van der Waals surface area (Å²) in [4.78, 5) is 4.56. The molecular formula is C21H21ClN2O3S. The zero-order valence-electron chi connectivity index (χ0n) is 15.3. The number of rotatable bonds is 5. The quantitative estimate of drug-likeness (QED) is 0.588. The van der Waals surface area contributed by atoms with E-state index in [1.807, 2.05) is 0 Å². The van der Waals surface area contributed by atoms with Crippen LogP contribution in [-0.2, 0) is 9.84 Å². The van der Waals surface area contributed by atoms with E-state index in [4.69, 9.17) is 16.0 Å². The molecule has 0 radical (unpaired) electrons. The van der Waals surface area contributed by atoms with E-state index in [-0.39, 0.29) is 27.7 Å². The fourth-order valence-corrected chi connectivity index (χ4v) is 4.85. The Bertz CT molecular complexity index is 1040. The van der Waals surface area contributed by atoms with Crippen molar-refractivity contribution >= 4 is 27.3 Å². The Morgan fingerprint density at radius 1 is 0.964 bits per heavy atom. The minimum Gasteiger partial charge on any atom is -0.419 e. The number of nitrogens with one attached hydrogen (secondary N) is 1. The molecule has 0 bridgehead atoms. The summed E-state index contributed by atoms with van der Waals surface area (Å²) in [6.07, 6.45) is 5.43. The van der Waals surface area contributed by atoms with Gasteiger partial charge in [-0.05, 0) is 49.2 Å². The first kappa shape index (κ1) is 19.0. The highest BCUT2D eigenvalue weighted by Crippen LogP contribution is 2.34. The molecule has 5 nitrogen and oxygen atoms in total. The van der Waals surface area contributed by atoms with Gasteiger partial charge in [0.05, 0.1) is 4.90 Å². The smallest absolute Gasteiger partial charge is 0.234 e. The molecular weight excluding hydrogens is 396 g/mol. The molecule has 1 saturated carbocycles. The van der Waals surface area contributed by atoms with E-state index in [1.165, 1.54) is 6.42 Å². The van der Waals surface area contributed by atoms with E-state index in [0.29, 0.717) is 10.6 Å². The first-order chi connectivity index (χ1) is 13.5. The minimum absolute atomic E-state index is 0.0748. The van der Waals surface area contributed by atoms with Crippen LogP contribution in [0.4, 0.5) is 5.88 Å². The van der Waals surface area contributed by atoms with Gasteiger partial charge < -0.3 is 9.73 Å². The van der Waals surface area contributed by atoms with Gasteiger partial charge in [0.25, 0.3) is 0 Å². The van der Waals surface area contributed by atoms with Crippen LogP contribution < -0.4 is 5.32 Å². The van der Waals surface area contributed by atoms with Crippen LogP contribution in [-0.4, -0.2) is 19.4 Å². The van der Waals surface area contributed by atoms with Gasteiger partial charge in [-0.1, -0.05) is 49.1 Å². The average molecular weight is 417 g/mol. The molecule has 0 unspecified atom stereocenters. The second kappa shape index (κ2) is 7.97. The number of nitrogens with zero attached hydrogens (tertiary/aromatic N) is 1. The summed E-state index contributed by atoms with van der Waals surface area (Å²) in [6.45, 7) is 0. The van der Waals surface area contributed by atoms with Crippen molar-refractivity contribution in [1.29, 1.82) is 0 Å². The normalized spacial score (nSPS) is 15.5. The van der Waals surface area contributed by atoms with E-state index < -0.39 is 9.84 Å². The molecule has 1 N–H and O–H groups in total. The number of hydrogen-bond acceptors (Lipinski definition) is 5. The Kier molecular flexibility index (Phi) is 5.42. The summed E-state index contributed by atoms with van der Waals surface area (Å²) in [5.41, 5.74) is 0.672. The lowest BCUT2D eigenvalue weighted by molar-refractivity contribution is 0.450. The molecule has 0 aliphatic heterocycles. The van der Waals surface area contributed by atoms with Gasteiger partial charge in [-0.25, -0.2) is 8.42 Å². The Hall–Kier alpha value is -2.31. The third-order valence-electron chi connectivity index (χ3n) is 4.94. The molecule has 146 valence electrons. The van der Waals surface area contributed by atoms with Gasteiger partial charge in [0.2, 0.25) is 26.6 Å². The van der Waals surface area contributed by atoms with Gasteiger partial charge in [-0.2, -0.15) is 4.98 Å². The van der Waals surface area contributed by atoms with E-state index in [9.17, 15) is 8.42 Å². The van der Waals surface area contributed by atoms with Crippen molar-refractivity contribution in [3.8, 4) is 11.5 Å². The molecule has 7 heteroatoms. The highest BCUT2D eigenvalue weighted by molar-refractivity contribution is 7.91. The minimum atomic E-state index is -3.81. The molecule has 0 amide bonds. The number of halogens is 1. The van der Waals surface area contributed by atoms with Gasteiger partial charge in [0.1, 0.15) is 0 Å². The molecule has 28 heavy (non-hydrogen) atoms. The van der Waals surface area contributed by atoms with Crippen LogP contribution >= 0.6 is 11.6 Å². The molecule has 3 aromatic rings. The molecule has 1 heterocycles. The highest BCUT2D eigenvalue weighted by atomic mass is 35.5. The SMILES string of the molecule is O=S(=O)(c1ccccc1)c1nc(-c2ccc(Cl)cc2)oc1NC1CCCCC1. The average Bonchev–Trinajstić information content (AvgIpc) is 3.14. The summed E-state index contributed by atoms with van der Waals surface area (Å²) in [6, 6.07) is 15.5. The van der Waals surface area contributed by atoms with Crippen LogP contribution in [0.3, 0.4) is 0 Å². The fourth-order valence-electron chi connectivity index (χ4n) is 3.44. The second-order valence-corrected chi connectivity index (χ2v) is 9.26. The zero-order valence-corrected chi connectivity index (χ0v) is 16.8. The maximum atomic E-state index is 13.2. The lowest BCUT2D eigenvalue weighted by Crippen LogP contribution is -2.23. The monoisotopic (exact) mass is 416 g/mol. The summed E-state index contributed by atoms with van der Waals surface area (Å²) in [5.74, 6) is 0.463. The van der Waals surface area contributed by atoms with E-state index in [0.717, 1.165) is 25.7 Å². The van der Waals surface area contributed by atoms with Gasteiger partial charge in [0, 0.05) is 16.6 Å². The number of aromatic nitrogens is 1. The first-order valence-electron chi connectivity index (χ1n) is 9.37. The standard InChI is InChI=1S/C21H21ClN2O3S/c22-16-13-11-15(12-14-16)19-24-21(28(25,26)18-9-5-2-6-10-18)20(27-19)23-17-7-3-1-4-8-17/h2,5-6,9-14,17,23H,1,3-4,7-8H2. The Labute approximate surface area is 169 Å². The molecule has 4 rings (SSSR count). The number of anilines is 1. The molecule has 0 atom stereocenters. The summed E-state index contributed by atoms with van der Waals surface area (Å²) < 4.78 is 32.3. The topological polar surface area (TPSA) is 72.2 Å². The van der Waals surface area contributed by atoms with Crippen LogP contribution in [0.5, 0.6) is 0 Å². The lowest BCUT2D eigenvalue weighted by Gasteiger charge is -2.22. The predicted molar refractivity (Wildman–Crippen MR) is 109 cm³/mol. The van der Waals surface area contributed by atoms with Gasteiger partial charge >= 0.3 is 0 Å². The highest BCUT2D eigenvalue weighted by Gasteiger charge is 2.30. The van der Waals surface area contributed by atoms with E-state index in [2.05, 4.69) is 10.3 Å². The molecule has 2 aromatic carbocycles. The van der Waals surface area contributed by atoms with E-state index in [1.54, 1.807) is 54.6 Å². The van der Waals surface area contributed by atoms with Gasteiger partial charge in [0.15, 0.2) is 0 Å². The van der Waals surface area contributed by atoms with Gasteiger partial charge in [-0.15, -0.1) is 0 Å². The number of oxazole rings is 1. The Balaban J connectivity index is 1.77. The predicted octanol–water partition coefficient (Wildman–Crippen LogP) is 5.57. The number of sulfone groups is 1. The van der Waals surface area contributed by atoms with Crippen LogP contribution in [0, 0.1) is 0 Å². The molecule has 0 spiro atoms. The lowest BCUT2D eigenvalue weighted by atomic mass is 9.96. The summed E-state index contributed by atoms with van der Waals surface area (Å²) in [7, 11) is -3.81. The van der Waals surface area contributed by atoms with Gasteiger partial charge in [-0.3, -0.25) is 0 Å². The maximum Gasteiger partial charge on any atom is 0.234 e. The zero-order chi connectivity index (χ0) is 19.6. The van der Waals surface area contributed by atoms with Crippen molar-refractivity contribution in [2.24, 2.45) is 0 Å². The molecule has 1 aliphatic carbocycles.